The third-order valence-corrected chi connectivity index (χ3v) is 6.40. The topological polar surface area (TPSA) is 54.6 Å². The molecule has 5 rings (SSSR count). The van der Waals surface area contributed by atoms with Crippen LogP contribution >= 0.6 is 22.6 Å². The molecule has 1 saturated heterocycles. The lowest BCUT2D eigenvalue weighted by molar-refractivity contribution is -0.157. The molecule has 2 aliphatic heterocycles. The number of halogens is 1. The highest BCUT2D eigenvalue weighted by molar-refractivity contribution is 14.1. The number of methoxy groups -OCH3 is 1. The maximum atomic E-state index is 13.1. The molecule has 3 unspecified atom stereocenters. The van der Waals surface area contributed by atoms with E-state index < -0.39 is 0 Å². The van der Waals surface area contributed by atoms with Crippen LogP contribution in [0.5, 0.6) is 5.75 Å². The van der Waals surface area contributed by atoms with Crippen LogP contribution in [-0.2, 0) is 9.53 Å². The maximum absolute atomic E-state index is 13.1. The molecule has 2 bridgehead atoms. The van der Waals surface area contributed by atoms with Crippen molar-refractivity contribution in [3.8, 4) is 5.75 Å². The van der Waals surface area contributed by atoms with Gasteiger partial charge in [0.2, 0.25) is 0 Å². The minimum Gasteiger partial charge on any atom is -0.497 e. The van der Waals surface area contributed by atoms with Gasteiger partial charge in [-0.15, -0.1) is 0 Å². The molecular formula is C22H29IN2O3. The van der Waals surface area contributed by atoms with Gasteiger partial charge in [-0.3, -0.25) is 4.90 Å². The molecule has 3 aliphatic rings. The molecule has 2 fully saturated rings. The third kappa shape index (κ3) is 3.54. The van der Waals surface area contributed by atoms with Crippen molar-refractivity contribution in [2.75, 3.05) is 25.1 Å². The van der Waals surface area contributed by atoms with Crippen LogP contribution in [0, 0.1) is 0 Å². The van der Waals surface area contributed by atoms with Gasteiger partial charge in [0, 0.05) is 29.1 Å². The van der Waals surface area contributed by atoms with Gasteiger partial charge >= 0.3 is 5.97 Å². The summed E-state index contributed by atoms with van der Waals surface area (Å²) in [7, 11) is 1.70. The molecule has 3 heterocycles. The van der Waals surface area contributed by atoms with E-state index in [4.69, 9.17) is 9.47 Å². The quantitative estimate of drug-likeness (QED) is 0.372. The first-order valence-corrected chi connectivity index (χ1v) is 12.4. The largest absolute Gasteiger partial charge is 0.497 e. The van der Waals surface area contributed by atoms with Crippen LogP contribution in [0.1, 0.15) is 61.7 Å². The van der Waals surface area contributed by atoms with Gasteiger partial charge in [-0.1, -0.05) is 29.0 Å². The molecule has 28 heavy (non-hydrogen) atoms. The molecular weight excluding hydrogens is 467 g/mol. The number of nitrogens with one attached hydrogen (secondary N) is 1. The van der Waals surface area contributed by atoms with E-state index in [0.717, 1.165) is 49.3 Å². The number of carbonyl (C=O) groups excluding carboxylic acids is 1. The molecule has 5 nitrogen and oxygen atoms in total. The summed E-state index contributed by atoms with van der Waals surface area (Å²) in [6.07, 6.45) is 6.83. The number of rotatable bonds is 3. The third-order valence-electron chi connectivity index (χ3n) is 6.40. The summed E-state index contributed by atoms with van der Waals surface area (Å²) < 4.78 is 11.4. The molecule has 0 radical (unpaired) electrons. The highest BCUT2D eigenvalue weighted by Crippen LogP contribution is 2.46. The molecule has 1 aliphatic carbocycles. The van der Waals surface area contributed by atoms with Crippen LogP contribution < -0.4 is 4.74 Å². The fraction of sp³-hybridized carbons (Fsp3) is 0.591. The zero-order chi connectivity index (χ0) is 19.7. The van der Waals surface area contributed by atoms with Gasteiger partial charge < -0.3 is 14.5 Å². The standard InChI is InChI=1S/C21H26N2O3.CH3I/c1-25-15-7-8-17-16(11-15)18-13-9-10-23(12-13)20(19(18)22-17)21(24)26-14-5-3-2-4-6-14;1-2/h7-8,11,13-14,20,22H,2-6,9-10,12H2,1H3;1H3. The average molecular weight is 496 g/mol. The smallest absolute Gasteiger partial charge is 0.329 e. The molecule has 6 heteroatoms. The van der Waals surface area contributed by atoms with Gasteiger partial charge in [0.05, 0.1) is 7.11 Å². The van der Waals surface area contributed by atoms with Crippen molar-refractivity contribution in [1.82, 2.24) is 9.88 Å². The van der Waals surface area contributed by atoms with E-state index in [1.165, 1.54) is 30.2 Å². The highest BCUT2D eigenvalue weighted by atomic mass is 127. The second kappa shape index (κ2) is 8.61. The maximum Gasteiger partial charge on any atom is 0.329 e. The van der Waals surface area contributed by atoms with E-state index in [9.17, 15) is 4.79 Å². The average Bonchev–Trinajstić information content (AvgIpc) is 3.32. The Hall–Kier alpha value is -1.28. The Balaban J connectivity index is 0.000000932. The van der Waals surface area contributed by atoms with Crippen molar-refractivity contribution in [3.63, 3.8) is 0 Å². The van der Waals surface area contributed by atoms with Crippen molar-refractivity contribution in [1.29, 1.82) is 0 Å². The number of esters is 1. The number of hydrogen-bond donors (Lipinski definition) is 1. The minimum atomic E-state index is -0.288. The van der Waals surface area contributed by atoms with Gasteiger partial charge in [0.25, 0.3) is 0 Å². The van der Waals surface area contributed by atoms with Crippen LogP contribution in [0.4, 0.5) is 0 Å². The number of benzene rings is 1. The Bertz CT molecular complexity index is 844. The predicted octanol–water partition coefficient (Wildman–Crippen LogP) is 4.95. The summed E-state index contributed by atoms with van der Waals surface area (Å²) in [5.41, 5.74) is 3.43. The molecule has 152 valence electrons. The van der Waals surface area contributed by atoms with Crippen LogP contribution in [0.3, 0.4) is 0 Å². The Labute approximate surface area is 180 Å². The number of H-pyrrole nitrogens is 1. The summed E-state index contributed by atoms with van der Waals surface area (Å²) in [5, 5.41) is 1.20. The first-order valence-electron chi connectivity index (χ1n) is 10.3. The second-order valence-corrected chi connectivity index (χ2v) is 7.94. The first-order chi connectivity index (χ1) is 13.7. The fourth-order valence-electron chi connectivity index (χ4n) is 5.11. The molecule has 1 N–H and O–H groups in total. The number of hydrogen-bond acceptors (Lipinski definition) is 4. The van der Waals surface area contributed by atoms with Crippen molar-refractivity contribution < 1.29 is 14.3 Å². The van der Waals surface area contributed by atoms with Gasteiger partial charge in [0.15, 0.2) is 0 Å². The summed E-state index contributed by atoms with van der Waals surface area (Å²) >= 11 is 2.15. The monoisotopic (exact) mass is 496 g/mol. The van der Waals surface area contributed by atoms with E-state index in [2.05, 4.69) is 44.6 Å². The number of alkyl halides is 1. The highest BCUT2D eigenvalue weighted by Gasteiger charge is 2.44. The zero-order valence-electron chi connectivity index (χ0n) is 16.7. The van der Waals surface area contributed by atoms with Crippen LogP contribution in [0.15, 0.2) is 18.2 Å². The van der Waals surface area contributed by atoms with E-state index in [1.54, 1.807) is 7.11 Å². The Morgan fingerprint density at radius 3 is 2.71 bits per heavy atom. The summed E-state index contributed by atoms with van der Waals surface area (Å²) in [5.74, 6) is 1.28. The van der Waals surface area contributed by atoms with Crippen LogP contribution in [0.25, 0.3) is 10.9 Å². The van der Waals surface area contributed by atoms with Crippen molar-refractivity contribution in [2.45, 2.75) is 56.6 Å². The summed E-state index contributed by atoms with van der Waals surface area (Å²) in [6.45, 7) is 1.91. The van der Waals surface area contributed by atoms with Gasteiger partial charge in [-0.05, 0) is 67.3 Å². The lowest BCUT2D eigenvalue weighted by Crippen LogP contribution is -2.38. The minimum absolute atomic E-state index is 0.0722. The molecule has 3 atom stereocenters. The number of carbonyl (C=O) groups is 1. The number of nitrogens with zero attached hydrogens (tertiary/aromatic N) is 1. The van der Waals surface area contributed by atoms with Crippen molar-refractivity contribution >= 4 is 39.5 Å². The number of ether oxygens (including phenoxy) is 2. The van der Waals surface area contributed by atoms with Gasteiger partial charge in [-0.2, -0.15) is 0 Å². The number of aromatic amines is 1. The molecule has 1 saturated carbocycles. The number of aromatic nitrogens is 1. The molecule has 2 aromatic rings. The Morgan fingerprint density at radius 1 is 1.18 bits per heavy atom. The first kappa shape index (κ1) is 20.0. The Kier molecular flexibility index (Phi) is 6.16. The molecule has 0 amide bonds. The van der Waals surface area contributed by atoms with Gasteiger partial charge in [0.1, 0.15) is 17.9 Å². The lowest BCUT2D eigenvalue weighted by Gasteiger charge is -2.32. The lowest BCUT2D eigenvalue weighted by atomic mass is 9.90. The van der Waals surface area contributed by atoms with Crippen LogP contribution in [-0.4, -0.2) is 47.1 Å². The van der Waals surface area contributed by atoms with E-state index in [-0.39, 0.29) is 18.1 Å². The summed E-state index contributed by atoms with van der Waals surface area (Å²) in [4.78, 5) is 20.9. The van der Waals surface area contributed by atoms with E-state index in [1.807, 2.05) is 11.0 Å². The number of fused-ring (bicyclic) bond motifs is 6. The molecule has 1 aromatic heterocycles. The zero-order valence-corrected chi connectivity index (χ0v) is 18.8. The van der Waals surface area contributed by atoms with Crippen LogP contribution in [0.2, 0.25) is 0 Å². The summed E-state index contributed by atoms with van der Waals surface area (Å²) in [6, 6.07) is 5.84. The molecule has 0 spiro atoms. The van der Waals surface area contributed by atoms with Gasteiger partial charge in [-0.25, -0.2) is 4.79 Å². The van der Waals surface area contributed by atoms with E-state index >= 15 is 0 Å². The SMILES string of the molecule is CI.COc1ccc2[nH]c3c(c2c1)C1CCN(C1)C3C(=O)OC1CCCCC1. The molecule has 1 aromatic carbocycles. The fourth-order valence-corrected chi connectivity index (χ4v) is 5.11. The predicted molar refractivity (Wildman–Crippen MR) is 119 cm³/mol. The Morgan fingerprint density at radius 2 is 1.96 bits per heavy atom. The van der Waals surface area contributed by atoms with Crippen molar-refractivity contribution in [2.24, 2.45) is 0 Å². The van der Waals surface area contributed by atoms with Crippen molar-refractivity contribution in [3.05, 3.63) is 29.5 Å². The van der Waals surface area contributed by atoms with E-state index in [0.29, 0.717) is 5.92 Å². The normalized spacial score (nSPS) is 26.3. The second-order valence-electron chi connectivity index (χ2n) is 7.94.